The highest BCUT2D eigenvalue weighted by molar-refractivity contribution is 5.81. The van der Waals surface area contributed by atoms with E-state index >= 15 is 0 Å². The normalized spacial score (nSPS) is 10.7. The molecule has 0 aromatic heterocycles. The van der Waals surface area contributed by atoms with E-state index in [4.69, 9.17) is 4.84 Å². The Morgan fingerprint density at radius 1 is 1.20 bits per heavy atom. The van der Waals surface area contributed by atoms with E-state index in [-0.39, 0.29) is 12.3 Å². The molecule has 0 saturated carbocycles. The summed E-state index contributed by atoms with van der Waals surface area (Å²) < 4.78 is 0. The zero-order valence-corrected chi connectivity index (χ0v) is 11.0. The lowest BCUT2D eigenvalue weighted by Gasteiger charge is -2.00. The molecule has 0 aliphatic rings. The molecule has 0 amide bonds. The summed E-state index contributed by atoms with van der Waals surface area (Å²) in [6.07, 6.45) is 1.65. The summed E-state index contributed by atoms with van der Waals surface area (Å²) in [5, 5.41) is 14.4. The molecule has 0 radical (unpaired) electrons. The number of aryl methyl sites for hydroxylation is 1. The highest BCUT2D eigenvalue weighted by Crippen LogP contribution is 2.12. The van der Waals surface area contributed by atoms with E-state index in [0.29, 0.717) is 0 Å². The molecular weight excluding hydrogens is 256 g/mol. The van der Waals surface area contributed by atoms with Gasteiger partial charge < -0.3 is 4.84 Å². The number of rotatable bonds is 5. The molecule has 0 aliphatic heterocycles. The van der Waals surface area contributed by atoms with Crippen molar-refractivity contribution >= 4 is 11.9 Å². The van der Waals surface area contributed by atoms with Crippen LogP contribution in [0.15, 0.2) is 53.7 Å². The highest BCUT2D eigenvalue weighted by atomic mass is 16.6. The first-order chi connectivity index (χ1) is 9.66. The molecule has 2 aromatic carbocycles. The molecule has 0 bridgehead atoms. The van der Waals surface area contributed by atoms with Crippen molar-refractivity contribution in [1.82, 2.24) is 0 Å². The fraction of sp³-hybridized carbons (Fsp3) is 0.133. The van der Waals surface area contributed by atoms with Crippen LogP contribution in [0.2, 0.25) is 0 Å². The Hall–Kier alpha value is -2.69. The molecule has 20 heavy (non-hydrogen) atoms. The smallest absolute Gasteiger partial charge is 0.269 e. The molecular formula is C15H14N2O3. The molecule has 0 unspecified atom stereocenters. The Kier molecular flexibility index (Phi) is 4.44. The first-order valence-corrected chi connectivity index (χ1v) is 6.11. The number of non-ortho nitro benzene ring substituents is 1. The average Bonchev–Trinajstić information content (AvgIpc) is 2.46. The van der Waals surface area contributed by atoms with Gasteiger partial charge in [-0.05, 0) is 35.7 Å². The first-order valence-electron chi connectivity index (χ1n) is 6.11. The van der Waals surface area contributed by atoms with Gasteiger partial charge in [-0.1, -0.05) is 29.4 Å². The summed E-state index contributed by atoms with van der Waals surface area (Å²) in [5.74, 6) is 0. The minimum atomic E-state index is -0.430. The number of hydrogen-bond acceptors (Lipinski definition) is 4. The summed E-state index contributed by atoms with van der Waals surface area (Å²) in [6, 6.07) is 14.1. The van der Waals surface area contributed by atoms with Crippen LogP contribution in [0.3, 0.4) is 0 Å². The van der Waals surface area contributed by atoms with Crippen molar-refractivity contribution in [2.24, 2.45) is 5.16 Å². The summed E-state index contributed by atoms with van der Waals surface area (Å²) >= 11 is 0. The van der Waals surface area contributed by atoms with E-state index in [9.17, 15) is 10.1 Å². The summed E-state index contributed by atoms with van der Waals surface area (Å²) in [6.45, 7) is 2.28. The second-order valence-corrected chi connectivity index (χ2v) is 4.29. The second kappa shape index (κ2) is 6.47. The van der Waals surface area contributed by atoms with Crippen molar-refractivity contribution in [3.63, 3.8) is 0 Å². The van der Waals surface area contributed by atoms with E-state index in [1.807, 2.05) is 31.2 Å². The van der Waals surface area contributed by atoms with Crippen LogP contribution < -0.4 is 0 Å². The predicted molar refractivity (Wildman–Crippen MR) is 76.7 cm³/mol. The quantitative estimate of drug-likeness (QED) is 0.475. The minimum absolute atomic E-state index is 0.0668. The van der Waals surface area contributed by atoms with Crippen molar-refractivity contribution < 1.29 is 9.76 Å². The van der Waals surface area contributed by atoms with E-state index in [1.165, 1.54) is 12.1 Å². The van der Waals surface area contributed by atoms with Gasteiger partial charge in [-0.3, -0.25) is 10.1 Å². The SMILES string of the molecule is Cc1ccccc1/C=N\OCc1ccc([N+](=O)[O-])cc1. The van der Waals surface area contributed by atoms with Gasteiger partial charge in [-0.15, -0.1) is 0 Å². The van der Waals surface area contributed by atoms with Crippen LogP contribution in [0.1, 0.15) is 16.7 Å². The van der Waals surface area contributed by atoms with Crippen LogP contribution in [0, 0.1) is 17.0 Å². The van der Waals surface area contributed by atoms with E-state index in [2.05, 4.69) is 5.16 Å². The van der Waals surface area contributed by atoms with Gasteiger partial charge in [0.1, 0.15) is 6.61 Å². The van der Waals surface area contributed by atoms with Crippen LogP contribution in [-0.4, -0.2) is 11.1 Å². The molecule has 0 spiro atoms. The lowest BCUT2D eigenvalue weighted by molar-refractivity contribution is -0.384. The monoisotopic (exact) mass is 270 g/mol. The molecule has 2 rings (SSSR count). The third-order valence-corrected chi connectivity index (χ3v) is 2.83. The van der Waals surface area contributed by atoms with Crippen LogP contribution in [0.25, 0.3) is 0 Å². The van der Waals surface area contributed by atoms with Crippen molar-refractivity contribution in [2.75, 3.05) is 0 Å². The zero-order valence-electron chi connectivity index (χ0n) is 11.0. The van der Waals surface area contributed by atoms with E-state index in [1.54, 1.807) is 18.3 Å². The number of nitro groups is 1. The number of oxime groups is 1. The maximum atomic E-state index is 10.5. The Bertz CT molecular complexity index is 621. The first kappa shape index (κ1) is 13.7. The van der Waals surface area contributed by atoms with Gasteiger partial charge in [-0.25, -0.2) is 0 Å². The zero-order chi connectivity index (χ0) is 14.4. The number of nitro benzene ring substituents is 1. The van der Waals surface area contributed by atoms with Crippen LogP contribution in [0.4, 0.5) is 5.69 Å². The molecule has 0 heterocycles. The fourth-order valence-corrected chi connectivity index (χ4v) is 1.65. The molecule has 0 saturated heterocycles. The van der Waals surface area contributed by atoms with Crippen LogP contribution in [0.5, 0.6) is 0 Å². The molecule has 5 heteroatoms. The highest BCUT2D eigenvalue weighted by Gasteiger charge is 2.03. The third kappa shape index (κ3) is 3.65. The molecule has 102 valence electrons. The van der Waals surface area contributed by atoms with Gasteiger partial charge in [0, 0.05) is 12.1 Å². The lowest BCUT2D eigenvalue weighted by Crippen LogP contribution is -1.91. The number of nitrogens with zero attached hydrogens (tertiary/aromatic N) is 2. The Labute approximate surface area is 116 Å². The number of benzene rings is 2. The maximum absolute atomic E-state index is 10.5. The number of hydrogen-bond donors (Lipinski definition) is 0. The van der Waals surface area contributed by atoms with Gasteiger partial charge in [0.05, 0.1) is 11.1 Å². The van der Waals surface area contributed by atoms with E-state index < -0.39 is 4.92 Å². The second-order valence-electron chi connectivity index (χ2n) is 4.29. The van der Waals surface area contributed by atoms with Gasteiger partial charge in [0.2, 0.25) is 0 Å². The van der Waals surface area contributed by atoms with Crippen molar-refractivity contribution in [3.8, 4) is 0 Å². The van der Waals surface area contributed by atoms with E-state index in [0.717, 1.165) is 16.7 Å². The molecule has 0 N–H and O–H groups in total. The molecule has 0 atom stereocenters. The van der Waals surface area contributed by atoms with Crippen molar-refractivity contribution in [1.29, 1.82) is 0 Å². The van der Waals surface area contributed by atoms with Crippen molar-refractivity contribution in [3.05, 3.63) is 75.3 Å². The Balaban J connectivity index is 1.90. The molecule has 2 aromatic rings. The maximum Gasteiger partial charge on any atom is 0.269 e. The predicted octanol–water partition coefficient (Wildman–Crippen LogP) is 3.45. The Morgan fingerprint density at radius 2 is 1.90 bits per heavy atom. The summed E-state index contributed by atoms with van der Waals surface area (Å²) in [4.78, 5) is 15.3. The van der Waals surface area contributed by atoms with Gasteiger partial charge in [-0.2, -0.15) is 0 Å². The van der Waals surface area contributed by atoms with Crippen molar-refractivity contribution in [2.45, 2.75) is 13.5 Å². The van der Waals surface area contributed by atoms with Crippen LogP contribution >= 0.6 is 0 Å². The molecule has 5 nitrogen and oxygen atoms in total. The third-order valence-electron chi connectivity index (χ3n) is 2.83. The minimum Gasteiger partial charge on any atom is -0.391 e. The van der Waals surface area contributed by atoms with Gasteiger partial charge >= 0.3 is 0 Å². The lowest BCUT2D eigenvalue weighted by atomic mass is 10.1. The largest absolute Gasteiger partial charge is 0.391 e. The topological polar surface area (TPSA) is 64.7 Å². The van der Waals surface area contributed by atoms with Crippen LogP contribution in [-0.2, 0) is 11.4 Å². The molecule has 0 aliphatic carbocycles. The Morgan fingerprint density at radius 3 is 2.55 bits per heavy atom. The summed E-state index contributed by atoms with van der Waals surface area (Å²) in [7, 11) is 0. The van der Waals surface area contributed by atoms with Gasteiger partial charge in [0.25, 0.3) is 5.69 Å². The summed E-state index contributed by atoms with van der Waals surface area (Å²) in [5.41, 5.74) is 3.01. The fourth-order valence-electron chi connectivity index (χ4n) is 1.65. The molecule has 0 fully saturated rings. The average molecular weight is 270 g/mol. The standard InChI is InChI=1S/C15H14N2O3/c1-12-4-2-3-5-14(12)10-16-20-11-13-6-8-15(9-7-13)17(18)19/h2-10H,11H2,1H3/b16-10-. The van der Waals surface area contributed by atoms with Gasteiger partial charge in [0.15, 0.2) is 0 Å².